The summed E-state index contributed by atoms with van der Waals surface area (Å²) in [5, 5.41) is -0.340. The van der Waals surface area contributed by atoms with Gasteiger partial charge in [-0.15, -0.1) is 6.42 Å². The predicted octanol–water partition coefficient (Wildman–Crippen LogP) is 1.76. The van der Waals surface area contributed by atoms with Crippen molar-refractivity contribution in [2.75, 3.05) is 0 Å². The van der Waals surface area contributed by atoms with Gasteiger partial charge in [0.1, 0.15) is 5.41 Å². The molecule has 0 spiro atoms. The van der Waals surface area contributed by atoms with Crippen LogP contribution < -0.4 is 0 Å². The van der Waals surface area contributed by atoms with Crippen LogP contribution in [-0.2, 0) is 4.79 Å². The van der Waals surface area contributed by atoms with E-state index in [0.717, 1.165) is 0 Å². The van der Waals surface area contributed by atoms with Crippen molar-refractivity contribution in [1.82, 2.24) is 0 Å². The highest BCUT2D eigenvalue weighted by Gasteiger charge is 2.26. The van der Waals surface area contributed by atoms with Crippen LogP contribution in [0.25, 0.3) is 0 Å². The van der Waals surface area contributed by atoms with Crippen LogP contribution in [0.15, 0.2) is 0 Å². The maximum Gasteiger partial charge on any atom is 0.236 e. The molecule has 0 rings (SSSR count). The van der Waals surface area contributed by atoms with Crippen LogP contribution in [0.3, 0.4) is 0 Å². The van der Waals surface area contributed by atoms with Crippen molar-refractivity contribution in [3.05, 3.63) is 0 Å². The standard InChI is InChI=1S/C7H9OS/c1-4-7(3,5-2)6(8)9/h1H,5H2,2-3H3. The van der Waals surface area contributed by atoms with Crippen molar-refractivity contribution >= 4 is 17.7 Å². The second-order valence-corrected chi connectivity index (χ2v) is 2.49. The second kappa shape index (κ2) is 2.84. The molecule has 0 saturated heterocycles. The Kier molecular flexibility index (Phi) is 2.66. The van der Waals surface area contributed by atoms with E-state index < -0.39 is 5.41 Å². The van der Waals surface area contributed by atoms with Crippen LogP contribution in [0.4, 0.5) is 0 Å². The Morgan fingerprint density at radius 1 is 1.89 bits per heavy atom. The Hall–Kier alpha value is -0.550. The number of hydrogen-bond acceptors (Lipinski definition) is 1. The SMILES string of the molecule is C#CC(C)(CC)C(=O)[S]. The third-order valence-corrected chi connectivity index (χ3v) is 1.93. The van der Waals surface area contributed by atoms with Crippen LogP contribution in [0, 0.1) is 17.8 Å². The minimum absolute atomic E-state index is 0.340. The number of hydrogen-bond donors (Lipinski definition) is 0. The first kappa shape index (κ1) is 8.45. The molecular formula is C7H9OS. The molecule has 0 N–H and O–H groups in total. The Bertz CT molecular complexity index is 157. The Morgan fingerprint density at radius 3 is 2.33 bits per heavy atom. The lowest BCUT2D eigenvalue weighted by Gasteiger charge is -2.14. The van der Waals surface area contributed by atoms with Gasteiger partial charge in [0, 0.05) is 0 Å². The summed E-state index contributed by atoms with van der Waals surface area (Å²) >= 11 is 4.43. The van der Waals surface area contributed by atoms with Gasteiger partial charge in [-0.1, -0.05) is 12.8 Å². The second-order valence-electron chi connectivity index (χ2n) is 2.12. The lowest BCUT2D eigenvalue weighted by molar-refractivity contribution is -0.116. The maximum atomic E-state index is 10.6. The van der Waals surface area contributed by atoms with Gasteiger partial charge >= 0.3 is 0 Å². The molecule has 0 aliphatic carbocycles. The summed E-state index contributed by atoms with van der Waals surface area (Å²) < 4.78 is 0. The zero-order chi connectivity index (χ0) is 7.49. The van der Waals surface area contributed by atoms with Crippen LogP contribution in [-0.4, -0.2) is 5.12 Å². The van der Waals surface area contributed by atoms with Crippen molar-refractivity contribution < 1.29 is 4.79 Å². The first-order chi connectivity index (χ1) is 4.06. The molecule has 2 heteroatoms. The van der Waals surface area contributed by atoms with Gasteiger partial charge in [0.05, 0.1) is 0 Å². The highest BCUT2D eigenvalue weighted by Crippen LogP contribution is 2.22. The third kappa shape index (κ3) is 1.69. The molecule has 0 bridgehead atoms. The molecular weight excluding hydrogens is 132 g/mol. The molecule has 0 aliphatic heterocycles. The smallest absolute Gasteiger partial charge is 0.236 e. The Labute approximate surface area is 61.2 Å². The van der Waals surface area contributed by atoms with E-state index in [-0.39, 0.29) is 5.12 Å². The highest BCUT2D eigenvalue weighted by molar-refractivity contribution is 7.96. The fraction of sp³-hybridized carbons (Fsp3) is 0.571. The van der Waals surface area contributed by atoms with E-state index in [0.29, 0.717) is 6.42 Å². The average Bonchev–Trinajstić information content (AvgIpc) is 1.86. The minimum Gasteiger partial charge on any atom is -0.280 e. The first-order valence-corrected chi connectivity index (χ1v) is 3.17. The maximum absolute atomic E-state index is 10.6. The lowest BCUT2D eigenvalue weighted by Crippen LogP contribution is -2.19. The molecule has 1 unspecified atom stereocenters. The minimum atomic E-state index is -0.713. The lowest BCUT2D eigenvalue weighted by atomic mass is 9.91. The summed E-state index contributed by atoms with van der Waals surface area (Å²) in [6.07, 6.45) is 5.70. The van der Waals surface area contributed by atoms with Crippen molar-refractivity contribution in [2.45, 2.75) is 20.3 Å². The van der Waals surface area contributed by atoms with Crippen LogP contribution in [0.5, 0.6) is 0 Å². The molecule has 1 radical (unpaired) electrons. The zero-order valence-corrected chi connectivity index (χ0v) is 6.42. The van der Waals surface area contributed by atoms with Gasteiger partial charge in [0.2, 0.25) is 5.12 Å². The van der Waals surface area contributed by atoms with Crippen LogP contribution in [0.2, 0.25) is 0 Å². The van der Waals surface area contributed by atoms with Crippen molar-refractivity contribution in [3.63, 3.8) is 0 Å². The topological polar surface area (TPSA) is 17.1 Å². The van der Waals surface area contributed by atoms with E-state index in [2.05, 4.69) is 18.5 Å². The monoisotopic (exact) mass is 141 g/mol. The molecule has 0 saturated carbocycles. The quantitative estimate of drug-likeness (QED) is 0.535. The van der Waals surface area contributed by atoms with Gasteiger partial charge in [0.25, 0.3) is 0 Å². The highest BCUT2D eigenvalue weighted by atomic mass is 32.1. The first-order valence-electron chi connectivity index (χ1n) is 2.76. The van der Waals surface area contributed by atoms with Gasteiger partial charge < -0.3 is 0 Å². The molecule has 0 heterocycles. The van der Waals surface area contributed by atoms with Gasteiger partial charge in [-0.2, -0.15) is 0 Å². The summed E-state index contributed by atoms with van der Waals surface area (Å²) in [6.45, 7) is 3.53. The third-order valence-electron chi connectivity index (χ3n) is 1.48. The molecule has 0 aromatic carbocycles. The molecule has 1 atom stereocenters. The van der Waals surface area contributed by atoms with E-state index in [4.69, 9.17) is 6.42 Å². The summed E-state index contributed by atoms with van der Waals surface area (Å²) in [5.74, 6) is 2.37. The summed E-state index contributed by atoms with van der Waals surface area (Å²) in [5.41, 5.74) is -0.713. The molecule has 9 heavy (non-hydrogen) atoms. The van der Waals surface area contributed by atoms with Crippen LogP contribution >= 0.6 is 12.6 Å². The largest absolute Gasteiger partial charge is 0.280 e. The molecule has 1 nitrogen and oxygen atoms in total. The van der Waals surface area contributed by atoms with Crippen molar-refractivity contribution in [2.24, 2.45) is 5.41 Å². The summed E-state index contributed by atoms with van der Waals surface area (Å²) in [6, 6.07) is 0. The summed E-state index contributed by atoms with van der Waals surface area (Å²) in [4.78, 5) is 10.6. The van der Waals surface area contributed by atoms with E-state index in [1.165, 1.54) is 0 Å². The normalized spacial score (nSPS) is 15.7. The number of rotatable bonds is 2. The fourth-order valence-corrected chi connectivity index (χ4v) is 0.509. The molecule has 0 aromatic heterocycles. The zero-order valence-electron chi connectivity index (χ0n) is 5.60. The molecule has 49 valence electrons. The van der Waals surface area contributed by atoms with E-state index in [9.17, 15) is 4.79 Å². The average molecular weight is 141 g/mol. The van der Waals surface area contributed by atoms with Gasteiger partial charge in [0.15, 0.2) is 0 Å². The number of carbonyl (C=O) groups is 1. The predicted molar refractivity (Wildman–Crippen MR) is 39.8 cm³/mol. The molecule has 0 aromatic rings. The summed E-state index contributed by atoms with van der Waals surface area (Å²) in [7, 11) is 0. The van der Waals surface area contributed by atoms with E-state index in [1.54, 1.807) is 6.92 Å². The van der Waals surface area contributed by atoms with Crippen molar-refractivity contribution in [3.8, 4) is 12.3 Å². The van der Waals surface area contributed by atoms with Crippen molar-refractivity contribution in [1.29, 1.82) is 0 Å². The van der Waals surface area contributed by atoms with Crippen LogP contribution in [0.1, 0.15) is 20.3 Å². The molecule has 0 aliphatic rings. The molecule has 0 fully saturated rings. The van der Waals surface area contributed by atoms with Gasteiger partial charge in [-0.3, -0.25) is 4.79 Å². The fourth-order valence-electron chi connectivity index (χ4n) is 0.305. The van der Waals surface area contributed by atoms with E-state index in [1.807, 2.05) is 6.92 Å². The number of carbonyl (C=O) groups excluding carboxylic acids is 1. The number of terminal acetylenes is 1. The van der Waals surface area contributed by atoms with E-state index >= 15 is 0 Å². The van der Waals surface area contributed by atoms with Gasteiger partial charge in [-0.25, -0.2) is 0 Å². The Balaban J connectivity index is 4.33. The molecule has 0 amide bonds. The Morgan fingerprint density at radius 2 is 2.33 bits per heavy atom. The van der Waals surface area contributed by atoms with Gasteiger partial charge in [-0.05, 0) is 26.0 Å².